The zero-order valence-electron chi connectivity index (χ0n) is 12.5. The van der Waals surface area contributed by atoms with Crippen molar-refractivity contribution in [3.05, 3.63) is 52.5 Å². The largest absolute Gasteiger partial charge is 0.503 e. The number of rotatable bonds is 3. The van der Waals surface area contributed by atoms with E-state index in [0.717, 1.165) is 11.3 Å². The fraction of sp³-hybridized carbons (Fsp3) is 0.235. The maximum Gasteiger partial charge on any atom is 0.251 e. The first-order valence-electron chi connectivity index (χ1n) is 7.19. The number of carbonyl (C=O) groups is 1. The predicted molar refractivity (Wildman–Crippen MR) is 86.4 cm³/mol. The lowest BCUT2D eigenvalue weighted by molar-refractivity contribution is 0.0924. The van der Waals surface area contributed by atoms with Gasteiger partial charge in [0.25, 0.3) is 5.91 Å². The Morgan fingerprint density at radius 3 is 2.96 bits per heavy atom. The van der Waals surface area contributed by atoms with Crippen molar-refractivity contribution in [1.82, 2.24) is 5.32 Å². The molecule has 6 heteroatoms. The van der Waals surface area contributed by atoms with Crippen molar-refractivity contribution < 1.29 is 19.4 Å². The van der Waals surface area contributed by atoms with Gasteiger partial charge in [-0.1, -0.05) is 29.8 Å². The number of phenols is 1. The molecule has 120 valence electrons. The summed E-state index contributed by atoms with van der Waals surface area (Å²) in [6.45, 7) is 0.543. The van der Waals surface area contributed by atoms with Gasteiger partial charge in [0.05, 0.1) is 24.8 Å². The zero-order valence-corrected chi connectivity index (χ0v) is 13.3. The minimum atomic E-state index is -0.285. The minimum Gasteiger partial charge on any atom is -0.503 e. The fourth-order valence-electron chi connectivity index (χ4n) is 2.59. The van der Waals surface area contributed by atoms with E-state index in [1.165, 1.54) is 19.2 Å². The third kappa shape index (κ3) is 3.05. The molecule has 0 radical (unpaired) electrons. The number of amides is 1. The van der Waals surface area contributed by atoms with Gasteiger partial charge in [0, 0.05) is 17.5 Å². The summed E-state index contributed by atoms with van der Waals surface area (Å²) in [5.74, 6) is 0.481. The molecule has 3 rings (SSSR count). The van der Waals surface area contributed by atoms with Gasteiger partial charge < -0.3 is 19.9 Å². The molecule has 0 unspecified atom stereocenters. The standard InChI is InChI=1S/C17H16ClNO4/c1-22-15-9-10(8-12(18)16(15)20)17(21)19-13-6-7-23-14-5-3-2-4-11(13)14/h2-5,8-9,13,20H,6-7H2,1H3,(H,19,21)/t13-/m1/s1. The number of phenolic OH excluding ortho intramolecular Hbond substituents is 1. The molecule has 0 saturated heterocycles. The molecule has 1 heterocycles. The monoisotopic (exact) mass is 333 g/mol. The molecule has 23 heavy (non-hydrogen) atoms. The smallest absolute Gasteiger partial charge is 0.251 e. The highest BCUT2D eigenvalue weighted by Gasteiger charge is 2.24. The highest BCUT2D eigenvalue weighted by molar-refractivity contribution is 6.32. The summed E-state index contributed by atoms with van der Waals surface area (Å²) in [5, 5.41) is 12.8. The van der Waals surface area contributed by atoms with Crippen molar-refractivity contribution >= 4 is 17.5 Å². The number of hydrogen-bond acceptors (Lipinski definition) is 4. The van der Waals surface area contributed by atoms with Crippen LogP contribution in [0, 0.1) is 0 Å². The Bertz CT molecular complexity index is 747. The number of benzene rings is 2. The van der Waals surface area contributed by atoms with Crippen molar-refractivity contribution in [2.75, 3.05) is 13.7 Å². The van der Waals surface area contributed by atoms with Gasteiger partial charge in [0.15, 0.2) is 11.5 Å². The average molecular weight is 334 g/mol. The van der Waals surface area contributed by atoms with Crippen LogP contribution in [0.2, 0.25) is 5.02 Å². The molecule has 0 aromatic heterocycles. The Labute approximate surface area is 138 Å². The molecule has 1 aliphatic heterocycles. The van der Waals surface area contributed by atoms with Crippen molar-refractivity contribution in [3.63, 3.8) is 0 Å². The van der Waals surface area contributed by atoms with Crippen LogP contribution in [0.4, 0.5) is 0 Å². The van der Waals surface area contributed by atoms with E-state index in [-0.39, 0.29) is 28.5 Å². The third-order valence-corrected chi connectivity index (χ3v) is 4.06. The van der Waals surface area contributed by atoms with Crippen molar-refractivity contribution in [3.8, 4) is 17.2 Å². The van der Waals surface area contributed by atoms with Gasteiger partial charge in [0.2, 0.25) is 0 Å². The normalized spacial score (nSPS) is 16.2. The maximum atomic E-state index is 12.5. The van der Waals surface area contributed by atoms with E-state index in [2.05, 4.69) is 5.32 Å². The Balaban J connectivity index is 1.85. The molecule has 2 N–H and O–H groups in total. The summed E-state index contributed by atoms with van der Waals surface area (Å²) in [4.78, 5) is 12.5. The quantitative estimate of drug-likeness (QED) is 0.904. The van der Waals surface area contributed by atoms with Gasteiger partial charge >= 0.3 is 0 Å². The second kappa shape index (κ2) is 6.38. The van der Waals surface area contributed by atoms with Crippen LogP contribution in [0.25, 0.3) is 0 Å². The molecule has 5 nitrogen and oxygen atoms in total. The SMILES string of the molecule is COc1cc(C(=O)N[C@@H]2CCOc3ccccc32)cc(Cl)c1O. The van der Waals surface area contributed by atoms with E-state index >= 15 is 0 Å². The second-order valence-electron chi connectivity index (χ2n) is 5.21. The summed E-state index contributed by atoms with van der Waals surface area (Å²) < 4.78 is 10.6. The molecule has 1 atom stereocenters. The zero-order chi connectivity index (χ0) is 16.4. The van der Waals surface area contributed by atoms with Crippen LogP contribution in [0.3, 0.4) is 0 Å². The summed E-state index contributed by atoms with van der Waals surface area (Å²) in [6, 6.07) is 10.4. The molecular formula is C17H16ClNO4. The molecule has 0 bridgehead atoms. The number of carbonyl (C=O) groups excluding carboxylic acids is 1. The van der Waals surface area contributed by atoms with E-state index < -0.39 is 0 Å². The summed E-state index contributed by atoms with van der Waals surface area (Å²) >= 11 is 5.94. The number of aromatic hydroxyl groups is 1. The molecule has 2 aromatic carbocycles. The van der Waals surface area contributed by atoms with Crippen LogP contribution in [0.1, 0.15) is 28.4 Å². The van der Waals surface area contributed by atoms with Crippen molar-refractivity contribution in [2.24, 2.45) is 0 Å². The number of ether oxygens (including phenoxy) is 2. The molecule has 0 spiro atoms. The minimum absolute atomic E-state index is 0.0712. The predicted octanol–water partition coefficient (Wildman–Crippen LogP) is 3.31. The molecular weight excluding hydrogens is 318 g/mol. The molecule has 1 amide bonds. The molecule has 2 aromatic rings. The first kappa shape index (κ1) is 15.5. The number of nitrogens with one attached hydrogen (secondary N) is 1. The third-order valence-electron chi connectivity index (χ3n) is 3.77. The van der Waals surface area contributed by atoms with Crippen LogP contribution in [-0.4, -0.2) is 24.7 Å². The number of para-hydroxylation sites is 1. The van der Waals surface area contributed by atoms with Crippen LogP contribution >= 0.6 is 11.6 Å². The molecule has 0 fully saturated rings. The van der Waals surface area contributed by atoms with Gasteiger partial charge in [0.1, 0.15) is 5.75 Å². The first-order valence-corrected chi connectivity index (χ1v) is 7.57. The summed E-state index contributed by atoms with van der Waals surface area (Å²) in [7, 11) is 1.40. The van der Waals surface area contributed by atoms with E-state index in [1.807, 2.05) is 24.3 Å². The molecule has 0 aliphatic carbocycles. The lowest BCUT2D eigenvalue weighted by atomic mass is 10.00. The van der Waals surface area contributed by atoms with E-state index in [1.54, 1.807) is 0 Å². The lowest BCUT2D eigenvalue weighted by Crippen LogP contribution is -2.32. The number of halogens is 1. The lowest BCUT2D eigenvalue weighted by Gasteiger charge is -2.26. The highest BCUT2D eigenvalue weighted by Crippen LogP contribution is 2.36. The Morgan fingerprint density at radius 2 is 2.17 bits per heavy atom. The van der Waals surface area contributed by atoms with Gasteiger partial charge in [-0.3, -0.25) is 4.79 Å². The van der Waals surface area contributed by atoms with Crippen LogP contribution in [0.5, 0.6) is 17.2 Å². The highest BCUT2D eigenvalue weighted by atomic mass is 35.5. The summed E-state index contributed by atoms with van der Waals surface area (Å²) in [6.07, 6.45) is 0.686. The second-order valence-corrected chi connectivity index (χ2v) is 5.62. The van der Waals surface area contributed by atoms with Gasteiger partial charge in [-0.2, -0.15) is 0 Å². The van der Waals surface area contributed by atoms with Gasteiger partial charge in [-0.25, -0.2) is 0 Å². The summed E-state index contributed by atoms with van der Waals surface area (Å²) in [5.41, 5.74) is 1.28. The van der Waals surface area contributed by atoms with Gasteiger partial charge in [-0.15, -0.1) is 0 Å². The van der Waals surface area contributed by atoms with E-state index in [9.17, 15) is 9.90 Å². The van der Waals surface area contributed by atoms with E-state index in [4.69, 9.17) is 21.1 Å². The van der Waals surface area contributed by atoms with Crippen LogP contribution in [-0.2, 0) is 0 Å². The number of fused-ring (bicyclic) bond motifs is 1. The number of methoxy groups -OCH3 is 1. The fourth-order valence-corrected chi connectivity index (χ4v) is 2.80. The Morgan fingerprint density at radius 1 is 1.39 bits per heavy atom. The van der Waals surface area contributed by atoms with Crippen LogP contribution < -0.4 is 14.8 Å². The first-order chi connectivity index (χ1) is 11.1. The van der Waals surface area contributed by atoms with Crippen molar-refractivity contribution in [2.45, 2.75) is 12.5 Å². The molecule has 0 saturated carbocycles. The van der Waals surface area contributed by atoms with Crippen molar-refractivity contribution in [1.29, 1.82) is 0 Å². The topological polar surface area (TPSA) is 67.8 Å². The Hall–Kier alpha value is -2.40. The average Bonchev–Trinajstić information content (AvgIpc) is 2.57. The van der Waals surface area contributed by atoms with E-state index in [0.29, 0.717) is 18.6 Å². The molecule has 1 aliphatic rings. The van der Waals surface area contributed by atoms with Gasteiger partial charge in [-0.05, 0) is 18.2 Å². The maximum absolute atomic E-state index is 12.5. The Kier molecular flexibility index (Phi) is 4.30. The van der Waals surface area contributed by atoms with Crippen LogP contribution in [0.15, 0.2) is 36.4 Å². The number of hydrogen-bond donors (Lipinski definition) is 2.